The predicted molar refractivity (Wildman–Crippen MR) is 79.3 cm³/mol. The first-order valence-corrected chi connectivity index (χ1v) is 6.63. The van der Waals surface area contributed by atoms with Gasteiger partial charge in [-0.3, -0.25) is 0 Å². The summed E-state index contributed by atoms with van der Waals surface area (Å²) >= 11 is 0. The molecule has 0 spiro atoms. The summed E-state index contributed by atoms with van der Waals surface area (Å²) in [5.41, 5.74) is 8.70. The summed E-state index contributed by atoms with van der Waals surface area (Å²) in [6.07, 6.45) is 2.60. The van der Waals surface area contributed by atoms with E-state index in [2.05, 4.69) is 34.0 Å². The second-order valence-corrected chi connectivity index (χ2v) is 5.09. The highest BCUT2D eigenvalue weighted by atomic mass is 15.1. The first-order valence-electron chi connectivity index (χ1n) is 6.63. The normalized spacial score (nSPS) is 12.7. The fraction of sp³-hybridized carbons (Fsp3) is 0.267. The molecule has 0 aliphatic carbocycles. The lowest BCUT2D eigenvalue weighted by Gasteiger charge is -2.11. The molecule has 0 radical (unpaired) electrons. The maximum atomic E-state index is 5.97. The molecule has 3 aromatic rings. The number of hydrogen-bond donors (Lipinski definition) is 1. The van der Waals surface area contributed by atoms with Crippen LogP contribution in [0.25, 0.3) is 11.2 Å². The molecule has 20 heavy (non-hydrogen) atoms. The lowest BCUT2D eigenvalue weighted by Crippen LogP contribution is -2.08. The van der Waals surface area contributed by atoms with Gasteiger partial charge in [0.1, 0.15) is 11.3 Å². The molecule has 102 valence electrons. The van der Waals surface area contributed by atoms with E-state index in [-0.39, 0.29) is 5.92 Å². The molecule has 0 aliphatic heterocycles. The molecule has 0 saturated heterocycles. The Kier molecular flexibility index (Phi) is 3.10. The molecule has 2 N–H and O–H groups in total. The molecule has 1 atom stereocenters. The number of nitrogens with two attached hydrogens (primary N) is 1. The van der Waals surface area contributed by atoms with Crippen LogP contribution in [0.3, 0.4) is 0 Å². The summed E-state index contributed by atoms with van der Waals surface area (Å²) in [6.45, 7) is 2.12. The average molecular weight is 267 g/mol. The van der Waals surface area contributed by atoms with Gasteiger partial charge in [-0.1, -0.05) is 37.3 Å². The van der Waals surface area contributed by atoms with E-state index in [9.17, 15) is 0 Å². The minimum atomic E-state index is 0.207. The first-order chi connectivity index (χ1) is 9.65. The maximum absolute atomic E-state index is 5.97. The van der Waals surface area contributed by atoms with Gasteiger partial charge in [-0.15, -0.1) is 0 Å². The van der Waals surface area contributed by atoms with Gasteiger partial charge in [0.25, 0.3) is 0 Å². The number of anilines is 1. The quantitative estimate of drug-likeness (QED) is 0.790. The van der Waals surface area contributed by atoms with Crippen molar-refractivity contribution in [2.75, 3.05) is 5.73 Å². The van der Waals surface area contributed by atoms with Crippen molar-refractivity contribution in [3.63, 3.8) is 0 Å². The molecule has 0 amide bonds. The Hall–Kier alpha value is -2.43. The molecular formula is C15H17N5. The fourth-order valence-electron chi connectivity index (χ4n) is 2.33. The molecule has 1 aromatic carbocycles. The van der Waals surface area contributed by atoms with Crippen LogP contribution >= 0.6 is 0 Å². The van der Waals surface area contributed by atoms with Crippen LogP contribution in [-0.2, 0) is 13.5 Å². The van der Waals surface area contributed by atoms with Gasteiger partial charge in [-0.2, -0.15) is 0 Å². The van der Waals surface area contributed by atoms with Crippen LogP contribution in [0.2, 0.25) is 0 Å². The molecule has 5 heteroatoms. The third kappa shape index (κ3) is 2.22. The number of aryl methyl sites for hydroxylation is 1. The average Bonchev–Trinajstić information content (AvgIpc) is 2.82. The Morgan fingerprint density at radius 1 is 1.20 bits per heavy atom. The van der Waals surface area contributed by atoms with Gasteiger partial charge in [-0.05, 0) is 12.0 Å². The standard InChI is InChI=1S/C15H17N5/c1-10(8-11-6-4-3-5-7-11)14-18-13(16)12-15(19-14)20(2)9-17-12/h3-7,9-10H,8H2,1-2H3,(H2,16,18,19)/t10-/m0/s1. The molecule has 2 heterocycles. The van der Waals surface area contributed by atoms with Crippen molar-refractivity contribution < 1.29 is 0 Å². The van der Waals surface area contributed by atoms with Gasteiger partial charge < -0.3 is 10.3 Å². The Morgan fingerprint density at radius 2 is 1.95 bits per heavy atom. The van der Waals surface area contributed by atoms with Crippen molar-refractivity contribution >= 4 is 17.0 Å². The summed E-state index contributed by atoms with van der Waals surface area (Å²) in [5, 5.41) is 0. The summed E-state index contributed by atoms with van der Waals surface area (Å²) in [4.78, 5) is 13.2. The smallest absolute Gasteiger partial charge is 0.165 e. The number of hydrogen-bond acceptors (Lipinski definition) is 4. The largest absolute Gasteiger partial charge is 0.382 e. The van der Waals surface area contributed by atoms with Gasteiger partial charge in [0.2, 0.25) is 0 Å². The van der Waals surface area contributed by atoms with Gasteiger partial charge in [0.15, 0.2) is 11.5 Å². The highest BCUT2D eigenvalue weighted by Gasteiger charge is 2.15. The van der Waals surface area contributed by atoms with Crippen molar-refractivity contribution in [1.82, 2.24) is 19.5 Å². The number of rotatable bonds is 3. The van der Waals surface area contributed by atoms with E-state index >= 15 is 0 Å². The Morgan fingerprint density at radius 3 is 2.70 bits per heavy atom. The van der Waals surface area contributed by atoms with E-state index in [1.807, 2.05) is 29.8 Å². The molecule has 0 saturated carbocycles. The van der Waals surface area contributed by atoms with Gasteiger partial charge in [0.05, 0.1) is 6.33 Å². The van der Waals surface area contributed by atoms with Crippen LogP contribution in [0.4, 0.5) is 5.82 Å². The molecule has 5 nitrogen and oxygen atoms in total. The first kappa shape index (κ1) is 12.6. The SMILES string of the molecule is C[C@@H](Cc1ccccc1)c1nc(N)c2ncn(C)c2n1. The lowest BCUT2D eigenvalue weighted by atomic mass is 10.0. The van der Waals surface area contributed by atoms with Gasteiger partial charge >= 0.3 is 0 Å². The molecule has 3 rings (SSSR count). The fourth-order valence-corrected chi connectivity index (χ4v) is 2.33. The second-order valence-electron chi connectivity index (χ2n) is 5.09. The second kappa shape index (κ2) is 4.92. The molecule has 0 unspecified atom stereocenters. The Labute approximate surface area is 117 Å². The lowest BCUT2D eigenvalue weighted by molar-refractivity contribution is 0.701. The maximum Gasteiger partial charge on any atom is 0.165 e. The van der Waals surface area contributed by atoms with E-state index in [1.54, 1.807) is 6.33 Å². The van der Waals surface area contributed by atoms with Crippen molar-refractivity contribution in [3.8, 4) is 0 Å². The zero-order valence-corrected chi connectivity index (χ0v) is 11.6. The predicted octanol–water partition coefficient (Wildman–Crippen LogP) is 2.29. The van der Waals surface area contributed by atoms with Crippen LogP contribution in [0.5, 0.6) is 0 Å². The molecule has 2 aromatic heterocycles. The van der Waals surface area contributed by atoms with Crippen molar-refractivity contribution in [1.29, 1.82) is 0 Å². The summed E-state index contributed by atoms with van der Waals surface area (Å²) in [5.74, 6) is 1.42. The number of fused-ring (bicyclic) bond motifs is 1. The Balaban J connectivity index is 1.95. The van der Waals surface area contributed by atoms with Crippen LogP contribution in [-0.4, -0.2) is 19.5 Å². The van der Waals surface area contributed by atoms with Gasteiger partial charge in [0, 0.05) is 13.0 Å². The van der Waals surface area contributed by atoms with E-state index in [4.69, 9.17) is 5.73 Å². The zero-order chi connectivity index (χ0) is 14.1. The summed E-state index contributed by atoms with van der Waals surface area (Å²) in [6, 6.07) is 10.3. The third-order valence-electron chi connectivity index (χ3n) is 3.43. The van der Waals surface area contributed by atoms with Crippen LogP contribution in [0.1, 0.15) is 24.2 Å². The number of benzene rings is 1. The summed E-state index contributed by atoms with van der Waals surface area (Å²) in [7, 11) is 1.91. The van der Waals surface area contributed by atoms with E-state index in [0.29, 0.717) is 11.3 Å². The highest BCUT2D eigenvalue weighted by molar-refractivity contribution is 5.81. The topological polar surface area (TPSA) is 69.6 Å². The minimum absolute atomic E-state index is 0.207. The molecule has 0 bridgehead atoms. The minimum Gasteiger partial charge on any atom is -0.382 e. The Bertz CT molecular complexity index is 733. The van der Waals surface area contributed by atoms with Crippen molar-refractivity contribution in [2.45, 2.75) is 19.3 Å². The van der Waals surface area contributed by atoms with Crippen LogP contribution < -0.4 is 5.73 Å². The molecular weight excluding hydrogens is 250 g/mol. The zero-order valence-electron chi connectivity index (χ0n) is 11.6. The number of aromatic nitrogens is 4. The number of nitrogens with zero attached hydrogens (tertiary/aromatic N) is 4. The summed E-state index contributed by atoms with van der Waals surface area (Å²) < 4.78 is 1.87. The van der Waals surface area contributed by atoms with Crippen molar-refractivity contribution in [3.05, 3.63) is 48.0 Å². The van der Waals surface area contributed by atoms with Crippen LogP contribution in [0, 0.1) is 0 Å². The molecule has 0 fully saturated rings. The van der Waals surface area contributed by atoms with Crippen molar-refractivity contribution in [2.24, 2.45) is 7.05 Å². The van der Waals surface area contributed by atoms with E-state index in [1.165, 1.54) is 5.56 Å². The molecule has 0 aliphatic rings. The van der Waals surface area contributed by atoms with Crippen LogP contribution in [0.15, 0.2) is 36.7 Å². The monoisotopic (exact) mass is 267 g/mol. The third-order valence-corrected chi connectivity index (χ3v) is 3.43. The number of nitrogen functional groups attached to an aromatic ring is 1. The van der Waals surface area contributed by atoms with E-state index in [0.717, 1.165) is 17.9 Å². The number of imidazole rings is 1. The highest BCUT2D eigenvalue weighted by Crippen LogP contribution is 2.22. The van der Waals surface area contributed by atoms with E-state index < -0.39 is 0 Å². The van der Waals surface area contributed by atoms with Gasteiger partial charge in [-0.25, -0.2) is 15.0 Å².